The summed E-state index contributed by atoms with van der Waals surface area (Å²) in [7, 11) is 4.16. The summed E-state index contributed by atoms with van der Waals surface area (Å²) in [6, 6.07) is 19.5. The predicted molar refractivity (Wildman–Crippen MR) is 114 cm³/mol. The van der Waals surface area contributed by atoms with Gasteiger partial charge < -0.3 is 9.80 Å². The molecule has 1 atom stereocenters. The van der Waals surface area contributed by atoms with Gasteiger partial charge in [0.05, 0.1) is 22.3 Å². The van der Waals surface area contributed by atoms with Gasteiger partial charge in [-0.3, -0.25) is 0 Å². The third-order valence-corrected chi connectivity index (χ3v) is 6.92. The molecule has 0 saturated heterocycles. The average Bonchev–Trinajstić information content (AvgIpc) is 3.10. The zero-order valence-corrected chi connectivity index (χ0v) is 16.9. The van der Waals surface area contributed by atoms with Crippen LogP contribution in [0.3, 0.4) is 0 Å². The molecule has 0 spiro atoms. The van der Waals surface area contributed by atoms with Crippen LogP contribution in [0.5, 0.6) is 0 Å². The van der Waals surface area contributed by atoms with Crippen LogP contribution in [0.4, 0.5) is 11.4 Å². The van der Waals surface area contributed by atoms with Crippen LogP contribution in [-0.2, 0) is 5.41 Å². The summed E-state index contributed by atoms with van der Waals surface area (Å²) in [4.78, 5) is 5.62. The molecule has 0 N–H and O–H groups in total. The Labute approximate surface area is 165 Å². The van der Waals surface area contributed by atoms with E-state index in [0.717, 1.165) is 10.7 Å². The lowest BCUT2D eigenvalue weighted by atomic mass is 9.80. The number of para-hydroxylation sites is 2. The van der Waals surface area contributed by atoms with Crippen LogP contribution >= 0.6 is 11.8 Å². The zero-order valence-electron chi connectivity index (χ0n) is 16.1. The second-order valence-electron chi connectivity index (χ2n) is 7.61. The van der Waals surface area contributed by atoms with Gasteiger partial charge in [-0.15, -0.1) is 0 Å². The molecule has 27 heavy (non-hydrogen) atoms. The Kier molecular flexibility index (Phi) is 4.28. The van der Waals surface area contributed by atoms with Crippen molar-refractivity contribution in [1.29, 1.82) is 5.26 Å². The van der Waals surface area contributed by atoms with E-state index >= 15 is 0 Å². The summed E-state index contributed by atoms with van der Waals surface area (Å²) in [5.41, 5.74) is 4.48. The molecule has 2 aromatic rings. The fraction of sp³-hybridized carbons (Fsp3) is 0.261. The Morgan fingerprint density at radius 1 is 1.07 bits per heavy atom. The van der Waals surface area contributed by atoms with Crippen LogP contribution in [0, 0.1) is 11.3 Å². The molecule has 0 aliphatic carbocycles. The first-order chi connectivity index (χ1) is 12.9. The molecular weight excluding hydrogens is 350 g/mol. The highest BCUT2D eigenvalue weighted by Crippen LogP contribution is 2.47. The minimum atomic E-state index is -0.00917. The van der Waals surface area contributed by atoms with Crippen molar-refractivity contribution >= 4 is 23.1 Å². The molecule has 1 unspecified atom stereocenters. The fourth-order valence-electron chi connectivity index (χ4n) is 4.17. The average molecular weight is 374 g/mol. The molecule has 0 amide bonds. The van der Waals surface area contributed by atoms with E-state index in [2.05, 4.69) is 79.2 Å². The first-order valence-corrected chi connectivity index (χ1v) is 9.92. The van der Waals surface area contributed by atoms with E-state index in [9.17, 15) is 5.26 Å². The molecule has 2 aliphatic rings. The van der Waals surface area contributed by atoms with Crippen LogP contribution in [0.2, 0.25) is 0 Å². The zero-order chi connectivity index (χ0) is 19.2. The smallest absolute Gasteiger partial charge is 0.102 e. The quantitative estimate of drug-likeness (QED) is 0.667. The largest absolute Gasteiger partial charge is 0.367 e. The molecule has 0 bridgehead atoms. The maximum Gasteiger partial charge on any atom is 0.102 e. The topological polar surface area (TPSA) is 30.3 Å². The summed E-state index contributed by atoms with van der Waals surface area (Å²) in [5.74, 6) is 0. The molecule has 3 nitrogen and oxygen atoms in total. The number of benzene rings is 2. The molecule has 0 saturated carbocycles. The molecule has 0 aromatic heterocycles. The first kappa shape index (κ1) is 17.8. The maximum atomic E-state index is 9.81. The van der Waals surface area contributed by atoms with Crippen molar-refractivity contribution in [2.75, 3.05) is 23.9 Å². The monoisotopic (exact) mass is 373 g/mol. The van der Waals surface area contributed by atoms with Crippen LogP contribution < -0.4 is 9.80 Å². The van der Waals surface area contributed by atoms with Crippen molar-refractivity contribution in [3.63, 3.8) is 0 Å². The third kappa shape index (κ3) is 2.74. The molecule has 4 heteroatoms. The number of nitriles is 1. The van der Waals surface area contributed by atoms with Gasteiger partial charge in [0.1, 0.15) is 6.07 Å². The number of nitrogens with zero attached hydrogens (tertiary/aromatic N) is 3. The molecular formula is C23H23N3S. The number of thioether (sulfide) groups is 1. The predicted octanol–water partition coefficient (Wildman–Crippen LogP) is 5.32. The highest BCUT2D eigenvalue weighted by molar-refractivity contribution is 8.03. The van der Waals surface area contributed by atoms with E-state index in [1.54, 1.807) is 11.8 Å². The second kappa shape index (κ2) is 6.51. The number of likely N-dealkylation sites (N-methyl/N-ethyl adjacent to an activating group) is 1. The van der Waals surface area contributed by atoms with E-state index in [1.165, 1.54) is 16.1 Å². The number of rotatable bonds is 2. The van der Waals surface area contributed by atoms with Gasteiger partial charge >= 0.3 is 0 Å². The van der Waals surface area contributed by atoms with Crippen molar-refractivity contribution in [2.45, 2.75) is 30.2 Å². The minimum absolute atomic E-state index is 0.00917. The van der Waals surface area contributed by atoms with Gasteiger partial charge in [-0.05, 0) is 29.8 Å². The lowest BCUT2D eigenvalue weighted by Crippen LogP contribution is -2.37. The van der Waals surface area contributed by atoms with Gasteiger partial charge in [-0.25, -0.2) is 0 Å². The maximum absolute atomic E-state index is 9.81. The highest BCUT2D eigenvalue weighted by Gasteiger charge is 2.41. The summed E-state index contributed by atoms with van der Waals surface area (Å²) in [6.45, 7) is 4.55. The van der Waals surface area contributed by atoms with Crippen LogP contribution in [0.15, 0.2) is 76.2 Å². The highest BCUT2D eigenvalue weighted by atomic mass is 32.2. The molecule has 136 valence electrons. The fourth-order valence-corrected chi connectivity index (χ4v) is 5.29. The van der Waals surface area contributed by atoms with Gasteiger partial charge in [-0.1, -0.05) is 62.0 Å². The van der Waals surface area contributed by atoms with Gasteiger partial charge in [0, 0.05) is 30.1 Å². The number of hydrogen-bond acceptors (Lipinski definition) is 4. The standard InChI is InChI=1S/C23H23N3S/c1-23(2)17-9-5-6-10-18(17)25(3)21(23)14-13-16(15-24)22-26(4)19-11-7-8-12-20(19)27-22/h5-14,21H,1-4H3/b14-13+,22-16-. The number of allylic oxidation sites excluding steroid dienone is 2. The van der Waals surface area contributed by atoms with Crippen LogP contribution in [0.25, 0.3) is 0 Å². The lowest BCUT2D eigenvalue weighted by Gasteiger charge is -2.29. The Morgan fingerprint density at radius 2 is 1.74 bits per heavy atom. The second-order valence-corrected chi connectivity index (χ2v) is 8.64. The Bertz CT molecular complexity index is 997. The van der Waals surface area contributed by atoms with Gasteiger partial charge in [0.25, 0.3) is 0 Å². The van der Waals surface area contributed by atoms with Crippen molar-refractivity contribution in [2.24, 2.45) is 0 Å². The number of hydrogen-bond donors (Lipinski definition) is 0. The van der Waals surface area contributed by atoms with Gasteiger partial charge in [-0.2, -0.15) is 5.26 Å². The summed E-state index contributed by atoms with van der Waals surface area (Å²) < 4.78 is 0. The third-order valence-electron chi connectivity index (χ3n) is 5.67. The molecule has 4 rings (SSSR count). The van der Waals surface area contributed by atoms with Crippen molar-refractivity contribution in [1.82, 2.24) is 0 Å². The van der Waals surface area contributed by atoms with E-state index in [0.29, 0.717) is 5.57 Å². The Morgan fingerprint density at radius 3 is 2.41 bits per heavy atom. The van der Waals surface area contributed by atoms with Crippen molar-refractivity contribution in [3.05, 3.63) is 76.8 Å². The number of anilines is 2. The molecule has 2 aliphatic heterocycles. The molecule has 2 heterocycles. The SMILES string of the molecule is CN1/C(=C(C#N)\C=C\C2N(C)c3ccccc3C2(C)C)Sc2ccccc21. The Hall–Kier alpha value is -2.64. The minimum Gasteiger partial charge on any atom is -0.367 e. The van der Waals surface area contributed by atoms with E-state index in [1.807, 2.05) is 25.3 Å². The van der Waals surface area contributed by atoms with Gasteiger partial charge in [0.15, 0.2) is 0 Å². The van der Waals surface area contributed by atoms with E-state index in [-0.39, 0.29) is 11.5 Å². The van der Waals surface area contributed by atoms with Crippen LogP contribution in [0.1, 0.15) is 19.4 Å². The van der Waals surface area contributed by atoms with Crippen molar-refractivity contribution < 1.29 is 0 Å². The van der Waals surface area contributed by atoms with Crippen LogP contribution in [-0.4, -0.2) is 20.1 Å². The summed E-state index contributed by atoms with van der Waals surface area (Å²) in [6.07, 6.45) is 4.18. The van der Waals surface area contributed by atoms with E-state index < -0.39 is 0 Å². The molecule has 2 aromatic carbocycles. The molecule has 0 radical (unpaired) electrons. The lowest BCUT2D eigenvalue weighted by molar-refractivity contribution is 0.488. The van der Waals surface area contributed by atoms with E-state index in [4.69, 9.17) is 0 Å². The van der Waals surface area contributed by atoms with Crippen molar-refractivity contribution in [3.8, 4) is 6.07 Å². The summed E-state index contributed by atoms with van der Waals surface area (Å²) >= 11 is 1.67. The number of fused-ring (bicyclic) bond motifs is 2. The van der Waals surface area contributed by atoms with Gasteiger partial charge in [0.2, 0.25) is 0 Å². The Balaban J connectivity index is 1.68. The first-order valence-electron chi connectivity index (χ1n) is 9.10. The normalized spacial score (nSPS) is 22.0. The molecule has 0 fully saturated rings. The summed E-state index contributed by atoms with van der Waals surface area (Å²) in [5, 5.41) is 10.8.